The van der Waals surface area contributed by atoms with E-state index in [2.05, 4.69) is 0 Å². The van der Waals surface area contributed by atoms with Crippen LogP contribution in [0.4, 0.5) is 4.70 Å². The molecule has 56 valence electrons. The van der Waals surface area contributed by atoms with Gasteiger partial charge in [-0.2, -0.15) is 0 Å². The van der Waals surface area contributed by atoms with Gasteiger partial charge in [-0.3, -0.25) is 4.70 Å². The standard InChI is InChI=1S/C8H10O.FH/c9-7-6-8-4-2-1-3-5-8;/h1-5,9H,6-7H2;1H. The molecule has 1 nitrogen and oxygen atoms in total. The molecule has 0 aliphatic heterocycles. The monoisotopic (exact) mass is 142 g/mol. The molecule has 1 rings (SSSR count). The fraction of sp³-hybridized carbons (Fsp3) is 0.250. The molecule has 0 unspecified atom stereocenters. The lowest BCUT2D eigenvalue weighted by Gasteiger charge is -1.93. The molecule has 1 aromatic rings. The van der Waals surface area contributed by atoms with Crippen molar-refractivity contribution >= 4 is 0 Å². The minimum Gasteiger partial charge on any atom is -0.396 e. The van der Waals surface area contributed by atoms with E-state index in [4.69, 9.17) is 5.11 Å². The van der Waals surface area contributed by atoms with E-state index in [1.807, 2.05) is 30.3 Å². The van der Waals surface area contributed by atoms with Gasteiger partial charge in [0.2, 0.25) is 0 Å². The summed E-state index contributed by atoms with van der Waals surface area (Å²) in [5, 5.41) is 8.52. The van der Waals surface area contributed by atoms with Crippen molar-refractivity contribution in [3.63, 3.8) is 0 Å². The summed E-state index contributed by atoms with van der Waals surface area (Å²) >= 11 is 0. The van der Waals surface area contributed by atoms with E-state index in [-0.39, 0.29) is 11.3 Å². The van der Waals surface area contributed by atoms with Gasteiger partial charge in [0.25, 0.3) is 0 Å². The minimum atomic E-state index is 0. The number of rotatable bonds is 2. The van der Waals surface area contributed by atoms with Crippen LogP contribution in [0.15, 0.2) is 30.3 Å². The Morgan fingerprint density at radius 1 is 1.10 bits per heavy atom. The second-order valence-corrected chi connectivity index (χ2v) is 1.96. The fourth-order valence-electron chi connectivity index (χ4n) is 0.774. The summed E-state index contributed by atoms with van der Waals surface area (Å²) in [6.45, 7) is 0.240. The van der Waals surface area contributed by atoms with Crippen LogP contribution in [0.5, 0.6) is 0 Å². The van der Waals surface area contributed by atoms with Crippen molar-refractivity contribution in [3.05, 3.63) is 35.9 Å². The van der Waals surface area contributed by atoms with Gasteiger partial charge in [-0.05, 0) is 12.0 Å². The zero-order chi connectivity index (χ0) is 6.53. The molecule has 0 aliphatic rings. The number of aliphatic hydroxyl groups is 1. The Hall–Kier alpha value is -0.890. The lowest BCUT2D eigenvalue weighted by Crippen LogP contribution is -1.88. The van der Waals surface area contributed by atoms with E-state index in [0.29, 0.717) is 0 Å². The second-order valence-electron chi connectivity index (χ2n) is 1.96. The first-order chi connectivity index (χ1) is 4.43. The highest BCUT2D eigenvalue weighted by Crippen LogP contribution is 1.97. The van der Waals surface area contributed by atoms with Crippen molar-refractivity contribution in [1.29, 1.82) is 0 Å². The van der Waals surface area contributed by atoms with Crippen LogP contribution < -0.4 is 0 Å². The molecular weight excluding hydrogens is 131 g/mol. The predicted molar refractivity (Wildman–Crippen MR) is 39.7 cm³/mol. The maximum absolute atomic E-state index is 8.52. The molecular formula is C8H11FO. The lowest BCUT2D eigenvalue weighted by molar-refractivity contribution is 0.299. The molecule has 0 bridgehead atoms. The average molecular weight is 142 g/mol. The van der Waals surface area contributed by atoms with Crippen molar-refractivity contribution < 1.29 is 9.81 Å². The maximum Gasteiger partial charge on any atom is 0.0471 e. The van der Waals surface area contributed by atoms with Gasteiger partial charge in [0.15, 0.2) is 0 Å². The molecule has 0 aliphatic carbocycles. The molecule has 0 saturated heterocycles. The van der Waals surface area contributed by atoms with Crippen molar-refractivity contribution in [2.24, 2.45) is 0 Å². The zero-order valence-corrected chi connectivity index (χ0v) is 5.66. The van der Waals surface area contributed by atoms with E-state index in [9.17, 15) is 0 Å². The van der Waals surface area contributed by atoms with Gasteiger partial charge in [0.05, 0.1) is 0 Å². The SMILES string of the molecule is F.OCCc1ccccc1. The number of aliphatic hydroxyl groups excluding tert-OH is 1. The van der Waals surface area contributed by atoms with Gasteiger partial charge in [-0.15, -0.1) is 0 Å². The molecule has 0 amide bonds. The number of hydrogen-bond acceptors (Lipinski definition) is 1. The largest absolute Gasteiger partial charge is 0.396 e. The fourth-order valence-corrected chi connectivity index (χ4v) is 0.774. The summed E-state index contributed by atoms with van der Waals surface area (Å²) < 4.78 is 0. The molecule has 0 heterocycles. The smallest absolute Gasteiger partial charge is 0.0471 e. The van der Waals surface area contributed by atoms with Gasteiger partial charge in [-0.1, -0.05) is 30.3 Å². The van der Waals surface area contributed by atoms with E-state index in [1.54, 1.807) is 0 Å². The van der Waals surface area contributed by atoms with E-state index in [0.717, 1.165) is 6.42 Å². The molecule has 1 aromatic carbocycles. The van der Waals surface area contributed by atoms with Crippen LogP contribution in [-0.2, 0) is 6.42 Å². The Balaban J connectivity index is 0.000000810. The number of halogens is 1. The first-order valence-corrected chi connectivity index (χ1v) is 3.08. The Morgan fingerprint density at radius 2 is 1.70 bits per heavy atom. The normalized spacial score (nSPS) is 8.50. The summed E-state index contributed by atoms with van der Waals surface area (Å²) in [5.41, 5.74) is 1.19. The van der Waals surface area contributed by atoms with Crippen molar-refractivity contribution in [3.8, 4) is 0 Å². The highest BCUT2D eigenvalue weighted by atomic mass is 19.0. The van der Waals surface area contributed by atoms with Crippen LogP contribution in [0.1, 0.15) is 5.56 Å². The van der Waals surface area contributed by atoms with Crippen molar-refractivity contribution in [1.82, 2.24) is 0 Å². The highest BCUT2D eigenvalue weighted by molar-refractivity contribution is 5.14. The third-order valence-corrected chi connectivity index (χ3v) is 1.24. The van der Waals surface area contributed by atoms with Crippen LogP contribution in [0.2, 0.25) is 0 Å². The average Bonchev–Trinajstić information content (AvgIpc) is 1.91. The Kier molecular flexibility index (Phi) is 4.50. The molecule has 0 fully saturated rings. The Bertz CT molecular complexity index is 162. The molecule has 0 spiro atoms. The van der Waals surface area contributed by atoms with Crippen LogP contribution >= 0.6 is 0 Å². The molecule has 1 N–H and O–H groups in total. The van der Waals surface area contributed by atoms with Crippen LogP contribution in [0.25, 0.3) is 0 Å². The molecule has 2 heteroatoms. The molecule has 0 saturated carbocycles. The van der Waals surface area contributed by atoms with Gasteiger partial charge >= 0.3 is 0 Å². The summed E-state index contributed by atoms with van der Waals surface area (Å²) in [7, 11) is 0. The quantitative estimate of drug-likeness (QED) is 0.661. The van der Waals surface area contributed by atoms with Gasteiger partial charge in [-0.25, -0.2) is 0 Å². The number of benzene rings is 1. The topological polar surface area (TPSA) is 20.2 Å². The van der Waals surface area contributed by atoms with Crippen molar-refractivity contribution in [2.45, 2.75) is 6.42 Å². The van der Waals surface area contributed by atoms with Gasteiger partial charge < -0.3 is 5.11 Å². The summed E-state index contributed by atoms with van der Waals surface area (Å²) in [6.07, 6.45) is 0.765. The third-order valence-electron chi connectivity index (χ3n) is 1.24. The van der Waals surface area contributed by atoms with E-state index >= 15 is 0 Å². The predicted octanol–water partition coefficient (Wildman–Crippen LogP) is 1.37. The Labute approximate surface area is 59.7 Å². The van der Waals surface area contributed by atoms with Crippen LogP contribution in [-0.4, -0.2) is 11.7 Å². The second kappa shape index (κ2) is 4.94. The van der Waals surface area contributed by atoms with E-state index in [1.165, 1.54) is 5.56 Å². The van der Waals surface area contributed by atoms with Crippen molar-refractivity contribution in [2.75, 3.05) is 6.61 Å². The third kappa shape index (κ3) is 2.60. The lowest BCUT2D eigenvalue weighted by atomic mass is 10.2. The minimum absolute atomic E-state index is 0. The molecule has 0 atom stereocenters. The van der Waals surface area contributed by atoms with E-state index < -0.39 is 0 Å². The molecule has 0 aromatic heterocycles. The number of hydrogen-bond donors (Lipinski definition) is 1. The summed E-state index contributed by atoms with van der Waals surface area (Å²) in [6, 6.07) is 9.95. The Morgan fingerprint density at radius 3 is 2.20 bits per heavy atom. The summed E-state index contributed by atoms with van der Waals surface area (Å²) in [4.78, 5) is 0. The summed E-state index contributed by atoms with van der Waals surface area (Å²) in [5.74, 6) is 0. The highest BCUT2D eigenvalue weighted by Gasteiger charge is 1.85. The first-order valence-electron chi connectivity index (χ1n) is 3.08. The molecule has 10 heavy (non-hydrogen) atoms. The zero-order valence-electron chi connectivity index (χ0n) is 5.66. The molecule has 0 radical (unpaired) electrons. The van der Waals surface area contributed by atoms with Gasteiger partial charge in [0.1, 0.15) is 0 Å². The maximum atomic E-state index is 8.52. The van der Waals surface area contributed by atoms with Crippen LogP contribution in [0, 0.1) is 0 Å². The van der Waals surface area contributed by atoms with Crippen LogP contribution in [0.3, 0.4) is 0 Å². The van der Waals surface area contributed by atoms with Gasteiger partial charge in [0, 0.05) is 6.61 Å². The first kappa shape index (κ1) is 9.11.